The van der Waals surface area contributed by atoms with Crippen LogP contribution in [0.5, 0.6) is 0 Å². The summed E-state index contributed by atoms with van der Waals surface area (Å²) in [5.41, 5.74) is 2.21. The first-order valence-corrected chi connectivity index (χ1v) is 11.4. The second-order valence-electron chi connectivity index (χ2n) is 9.29. The SMILES string of the molecule is C[C@H]1CCC(CCC(=O)NC2CCCC2)C[C@H](c2nc3ccccc3[nH]2)CC1. The van der Waals surface area contributed by atoms with E-state index >= 15 is 0 Å². The Morgan fingerprint density at radius 3 is 2.71 bits per heavy atom. The molecular formula is C24H35N3O. The normalized spacial score (nSPS) is 26.8. The smallest absolute Gasteiger partial charge is 0.220 e. The minimum Gasteiger partial charge on any atom is -0.353 e. The number of benzene rings is 1. The summed E-state index contributed by atoms with van der Waals surface area (Å²) >= 11 is 0. The van der Waals surface area contributed by atoms with Crippen molar-refractivity contribution < 1.29 is 4.79 Å². The first kappa shape index (κ1) is 19.5. The van der Waals surface area contributed by atoms with Crippen LogP contribution in [0.4, 0.5) is 0 Å². The summed E-state index contributed by atoms with van der Waals surface area (Å²) in [6.07, 6.45) is 12.7. The van der Waals surface area contributed by atoms with Crippen molar-refractivity contribution in [2.45, 2.75) is 89.5 Å². The molecule has 4 nitrogen and oxygen atoms in total. The fraction of sp³-hybridized carbons (Fsp3) is 0.667. The molecule has 2 N–H and O–H groups in total. The van der Waals surface area contributed by atoms with Crippen LogP contribution in [-0.4, -0.2) is 21.9 Å². The van der Waals surface area contributed by atoms with E-state index in [0.29, 0.717) is 24.3 Å². The molecule has 1 aromatic carbocycles. The van der Waals surface area contributed by atoms with E-state index in [2.05, 4.69) is 41.5 Å². The number of fused-ring (bicyclic) bond motifs is 1. The minimum atomic E-state index is 0.266. The number of nitrogens with zero attached hydrogens (tertiary/aromatic N) is 1. The molecule has 1 heterocycles. The molecule has 4 heteroatoms. The van der Waals surface area contributed by atoms with Crippen molar-refractivity contribution in [1.29, 1.82) is 0 Å². The molecule has 0 aliphatic heterocycles. The zero-order valence-corrected chi connectivity index (χ0v) is 17.3. The Hall–Kier alpha value is -1.84. The molecule has 4 rings (SSSR count). The maximum Gasteiger partial charge on any atom is 0.220 e. The number of carbonyl (C=O) groups excluding carboxylic acids is 1. The summed E-state index contributed by atoms with van der Waals surface area (Å²) < 4.78 is 0. The van der Waals surface area contributed by atoms with Crippen LogP contribution in [0, 0.1) is 11.8 Å². The lowest BCUT2D eigenvalue weighted by Crippen LogP contribution is -2.32. The average Bonchev–Trinajstić information content (AvgIpc) is 3.34. The molecule has 1 unspecified atom stereocenters. The molecule has 0 spiro atoms. The first-order chi connectivity index (χ1) is 13.7. The molecule has 3 atom stereocenters. The molecule has 1 aromatic heterocycles. The number of nitrogens with one attached hydrogen (secondary N) is 2. The predicted molar refractivity (Wildman–Crippen MR) is 114 cm³/mol. The van der Waals surface area contributed by atoms with Gasteiger partial charge in [0.15, 0.2) is 0 Å². The standard InChI is InChI=1S/C24H35N3O/c1-17-10-12-18(13-15-23(28)25-20-6-2-3-7-20)16-19(14-11-17)24-26-21-8-4-5-9-22(21)27-24/h4-5,8-9,17-20H,2-3,6-7,10-16H2,1H3,(H,25,28)(H,26,27)/t17-,18?,19+/m0/s1. The van der Waals surface area contributed by atoms with E-state index in [1.165, 1.54) is 51.4 Å². The Balaban J connectivity index is 1.38. The number of hydrogen-bond acceptors (Lipinski definition) is 2. The molecule has 2 aliphatic rings. The Labute approximate surface area is 168 Å². The lowest BCUT2D eigenvalue weighted by atomic mass is 9.79. The van der Waals surface area contributed by atoms with Gasteiger partial charge in [0.2, 0.25) is 5.91 Å². The zero-order valence-electron chi connectivity index (χ0n) is 17.3. The van der Waals surface area contributed by atoms with Crippen LogP contribution in [0.3, 0.4) is 0 Å². The number of para-hydroxylation sites is 2. The van der Waals surface area contributed by atoms with Gasteiger partial charge < -0.3 is 10.3 Å². The van der Waals surface area contributed by atoms with Crippen LogP contribution in [0.15, 0.2) is 24.3 Å². The van der Waals surface area contributed by atoms with E-state index < -0.39 is 0 Å². The first-order valence-electron chi connectivity index (χ1n) is 11.4. The van der Waals surface area contributed by atoms with Gasteiger partial charge in [-0.2, -0.15) is 0 Å². The lowest BCUT2D eigenvalue weighted by molar-refractivity contribution is -0.122. The van der Waals surface area contributed by atoms with Gasteiger partial charge in [-0.1, -0.05) is 51.2 Å². The van der Waals surface area contributed by atoms with Crippen LogP contribution in [-0.2, 0) is 4.79 Å². The third-order valence-electron chi connectivity index (χ3n) is 6.99. The number of imidazole rings is 1. The molecule has 0 bridgehead atoms. The molecule has 0 saturated heterocycles. The monoisotopic (exact) mass is 381 g/mol. The van der Waals surface area contributed by atoms with Gasteiger partial charge in [0.1, 0.15) is 5.82 Å². The fourth-order valence-corrected chi connectivity index (χ4v) is 5.17. The van der Waals surface area contributed by atoms with Gasteiger partial charge in [0.05, 0.1) is 11.0 Å². The van der Waals surface area contributed by atoms with E-state index in [0.717, 1.165) is 35.6 Å². The van der Waals surface area contributed by atoms with Crippen molar-refractivity contribution in [1.82, 2.24) is 15.3 Å². The molecule has 28 heavy (non-hydrogen) atoms. The average molecular weight is 382 g/mol. The van der Waals surface area contributed by atoms with Gasteiger partial charge >= 0.3 is 0 Å². The predicted octanol–water partition coefficient (Wildman–Crippen LogP) is 5.70. The highest BCUT2D eigenvalue weighted by atomic mass is 16.1. The molecular weight excluding hydrogens is 346 g/mol. The number of aromatic nitrogens is 2. The molecule has 2 aromatic rings. The number of carbonyl (C=O) groups is 1. The Kier molecular flexibility index (Phi) is 6.33. The van der Waals surface area contributed by atoms with Crippen molar-refractivity contribution in [2.75, 3.05) is 0 Å². The highest BCUT2D eigenvalue weighted by Crippen LogP contribution is 2.37. The van der Waals surface area contributed by atoms with Gasteiger partial charge in [-0.15, -0.1) is 0 Å². The Morgan fingerprint density at radius 1 is 1.11 bits per heavy atom. The minimum absolute atomic E-state index is 0.266. The number of amides is 1. The molecule has 2 saturated carbocycles. The molecule has 0 radical (unpaired) electrons. The highest BCUT2D eigenvalue weighted by molar-refractivity contribution is 5.76. The van der Waals surface area contributed by atoms with E-state index in [1.54, 1.807) is 0 Å². The van der Waals surface area contributed by atoms with E-state index in [-0.39, 0.29) is 5.91 Å². The molecule has 2 aliphatic carbocycles. The lowest BCUT2D eigenvalue weighted by Gasteiger charge is -2.28. The second kappa shape index (κ2) is 9.11. The summed E-state index contributed by atoms with van der Waals surface area (Å²) in [4.78, 5) is 20.9. The summed E-state index contributed by atoms with van der Waals surface area (Å²) in [5.74, 6) is 3.29. The van der Waals surface area contributed by atoms with Gasteiger partial charge in [-0.05, 0) is 56.1 Å². The van der Waals surface area contributed by atoms with Crippen molar-refractivity contribution in [3.05, 3.63) is 30.1 Å². The van der Waals surface area contributed by atoms with Crippen LogP contribution < -0.4 is 5.32 Å². The number of rotatable bonds is 5. The third-order valence-corrected chi connectivity index (χ3v) is 6.99. The summed E-state index contributed by atoms with van der Waals surface area (Å²) in [6.45, 7) is 2.38. The maximum absolute atomic E-state index is 12.4. The van der Waals surface area contributed by atoms with Crippen molar-refractivity contribution in [3.63, 3.8) is 0 Å². The summed E-state index contributed by atoms with van der Waals surface area (Å²) in [5, 5.41) is 3.26. The molecule has 1 amide bonds. The summed E-state index contributed by atoms with van der Waals surface area (Å²) in [7, 11) is 0. The largest absolute Gasteiger partial charge is 0.353 e. The molecule has 2 fully saturated rings. The van der Waals surface area contributed by atoms with Crippen molar-refractivity contribution in [2.24, 2.45) is 11.8 Å². The van der Waals surface area contributed by atoms with E-state index in [1.807, 2.05) is 0 Å². The zero-order chi connectivity index (χ0) is 19.3. The van der Waals surface area contributed by atoms with E-state index in [9.17, 15) is 4.79 Å². The number of hydrogen-bond donors (Lipinski definition) is 2. The van der Waals surface area contributed by atoms with Gasteiger partial charge in [-0.25, -0.2) is 4.98 Å². The fourth-order valence-electron chi connectivity index (χ4n) is 5.17. The number of H-pyrrole nitrogens is 1. The summed E-state index contributed by atoms with van der Waals surface area (Å²) in [6, 6.07) is 8.76. The highest BCUT2D eigenvalue weighted by Gasteiger charge is 2.26. The maximum atomic E-state index is 12.4. The topological polar surface area (TPSA) is 57.8 Å². The van der Waals surface area contributed by atoms with Crippen LogP contribution in [0.25, 0.3) is 11.0 Å². The van der Waals surface area contributed by atoms with Gasteiger partial charge in [0, 0.05) is 18.4 Å². The quantitative estimate of drug-likeness (QED) is 0.698. The van der Waals surface area contributed by atoms with E-state index in [4.69, 9.17) is 4.98 Å². The van der Waals surface area contributed by atoms with Crippen LogP contribution in [0.1, 0.15) is 89.3 Å². The Morgan fingerprint density at radius 2 is 1.89 bits per heavy atom. The number of aromatic amines is 1. The van der Waals surface area contributed by atoms with Crippen molar-refractivity contribution in [3.8, 4) is 0 Å². The van der Waals surface area contributed by atoms with Gasteiger partial charge in [-0.3, -0.25) is 4.79 Å². The van der Waals surface area contributed by atoms with Gasteiger partial charge in [0.25, 0.3) is 0 Å². The molecule has 152 valence electrons. The Bertz CT molecular complexity index is 744. The second-order valence-corrected chi connectivity index (χ2v) is 9.29. The third kappa shape index (κ3) is 4.95. The van der Waals surface area contributed by atoms with Crippen LogP contribution >= 0.6 is 0 Å². The van der Waals surface area contributed by atoms with Crippen LogP contribution in [0.2, 0.25) is 0 Å². The van der Waals surface area contributed by atoms with Crippen molar-refractivity contribution >= 4 is 16.9 Å².